The summed E-state index contributed by atoms with van der Waals surface area (Å²) in [6.45, 7) is 0.272. The lowest BCUT2D eigenvalue weighted by Gasteiger charge is -2.17. The summed E-state index contributed by atoms with van der Waals surface area (Å²) in [5.74, 6) is 0.400. The molecule has 0 bridgehead atoms. The molecule has 1 aromatic rings. The fourth-order valence-electron chi connectivity index (χ4n) is 2.50. The Labute approximate surface area is 119 Å². The van der Waals surface area contributed by atoms with Gasteiger partial charge in [-0.25, -0.2) is 4.39 Å². The van der Waals surface area contributed by atoms with Gasteiger partial charge >= 0.3 is 0 Å². The standard InChI is InChI=1S/C15H22FN3O/c1-17-15(19-13-4-2-3-5-13)18-9-11-6-7-14(16)12(8-11)10-20/h6-8,13,20H,2-5,9-10H2,1H3,(H2,17,18,19). The Morgan fingerprint density at radius 3 is 2.80 bits per heavy atom. The van der Waals surface area contributed by atoms with Crippen LogP contribution < -0.4 is 10.6 Å². The van der Waals surface area contributed by atoms with Crippen LogP contribution in [0.3, 0.4) is 0 Å². The minimum absolute atomic E-state index is 0.283. The van der Waals surface area contributed by atoms with E-state index >= 15 is 0 Å². The highest BCUT2D eigenvalue weighted by molar-refractivity contribution is 5.79. The second kappa shape index (κ2) is 7.24. The highest BCUT2D eigenvalue weighted by atomic mass is 19.1. The molecule has 1 aliphatic rings. The van der Waals surface area contributed by atoms with Crippen molar-refractivity contribution in [1.29, 1.82) is 0 Å². The van der Waals surface area contributed by atoms with Crippen molar-refractivity contribution in [2.75, 3.05) is 7.05 Å². The molecule has 4 nitrogen and oxygen atoms in total. The second-order valence-electron chi connectivity index (χ2n) is 5.14. The van der Waals surface area contributed by atoms with Crippen LogP contribution in [0.5, 0.6) is 0 Å². The average Bonchev–Trinajstić information content (AvgIpc) is 2.97. The zero-order valence-electron chi connectivity index (χ0n) is 11.8. The normalized spacial score (nSPS) is 16.4. The van der Waals surface area contributed by atoms with E-state index in [0.29, 0.717) is 18.2 Å². The molecule has 0 aliphatic heterocycles. The third-order valence-corrected chi connectivity index (χ3v) is 3.66. The van der Waals surface area contributed by atoms with Gasteiger partial charge in [-0.1, -0.05) is 18.9 Å². The molecule has 0 spiro atoms. The molecule has 20 heavy (non-hydrogen) atoms. The van der Waals surface area contributed by atoms with Gasteiger partial charge in [-0.2, -0.15) is 0 Å². The minimum Gasteiger partial charge on any atom is -0.392 e. The predicted molar refractivity (Wildman–Crippen MR) is 77.9 cm³/mol. The summed E-state index contributed by atoms with van der Waals surface area (Å²) in [5.41, 5.74) is 1.24. The average molecular weight is 279 g/mol. The molecule has 110 valence electrons. The van der Waals surface area contributed by atoms with E-state index in [1.54, 1.807) is 19.2 Å². The summed E-state index contributed by atoms with van der Waals surface area (Å²) in [4.78, 5) is 4.20. The van der Waals surface area contributed by atoms with Crippen molar-refractivity contribution in [2.24, 2.45) is 4.99 Å². The Kier molecular flexibility index (Phi) is 5.35. The van der Waals surface area contributed by atoms with Crippen LogP contribution in [0.25, 0.3) is 0 Å². The van der Waals surface area contributed by atoms with Crippen LogP contribution in [0.4, 0.5) is 4.39 Å². The Hall–Kier alpha value is -1.62. The maximum absolute atomic E-state index is 13.3. The van der Waals surface area contributed by atoms with Gasteiger partial charge in [0.2, 0.25) is 0 Å². The molecule has 0 unspecified atom stereocenters. The van der Waals surface area contributed by atoms with Crippen molar-refractivity contribution in [3.05, 3.63) is 35.1 Å². The van der Waals surface area contributed by atoms with Crippen LogP contribution >= 0.6 is 0 Å². The lowest BCUT2D eigenvalue weighted by molar-refractivity contribution is 0.275. The molecule has 0 saturated heterocycles. The molecule has 2 rings (SSSR count). The number of halogens is 1. The minimum atomic E-state index is -0.371. The second-order valence-corrected chi connectivity index (χ2v) is 5.14. The Bertz CT molecular complexity index is 470. The molecular formula is C15H22FN3O. The van der Waals surface area contributed by atoms with Crippen LogP contribution in [0.15, 0.2) is 23.2 Å². The summed E-state index contributed by atoms with van der Waals surface area (Å²) >= 11 is 0. The van der Waals surface area contributed by atoms with E-state index in [9.17, 15) is 4.39 Å². The molecule has 5 heteroatoms. The smallest absolute Gasteiger partial charge is 0.191 e. The number of aliphatic imine (C=N–C) groups is 1. The van der Waals surface area contributed by atoms with E-state index < -0.39 is 0 Å². The lowest BCUT2D eigenvalue weighted by atomic mass is 10.1. The topological polar surface area (TPSA) is 56.7 Å². The number of hydrogen-bond donors (Lipinski definition) is 3. The van der Waals surface area contributed by atoms with Gasteiger partial charge in [0.05, 0.1) is 6.61 Å². The predicted octanol–water partition coefficient (Wildman–Crippen LogP) is 1.93. The van der Waals surface area contributed by atoms with E-state index in [2.05, 4.69) is 15.6 Å². The maximum Gasteiger partial charge on any atom is 0.191 e. The van der Waals surface area contributed by atoms with Gasteiger partial charge < -0.3 is 15.7 Å². The van der Waals surface area contributed by atoms with Crippen LogP contribution in [0, 0.1) is 5.82 Å². The summed E-state index contributed by atoms with van der Waals surface area (Å²) in [5, 5.41) is 15.7. The van der Waals surface area contributed by atoms with E-state index in [-0.39, 0.29) is 12.4 Å². The SMILES string of the molecule is CN=C(NCc1ccc(F)c(CO)c1)NC1CCCC1. The van der Waals surface area contributed by atoms with Gasteiger partial charge in [-0.05, 0) is 30.5 Å². The van der Waals surface area contributed by atoms with Crippen LogP contribution in [0.1, 0.15) is 36.8 Å². The number of aliphatic hydroxyl groups is 1. The number of benzene rings is 1. The van der Waals surface area contributed by atoms with Crippen molar-refractivity contribution < 1.29 is 9.50 Å². The number of nitrogens with one attached hydrogen (secondary N) is 2. The van der Waals surface area contributed by atoms with E-state index in [1.807, 2.05) is 0 Å². The molecule has 1 aliphatic carbocycles. The van der Waals surface area contributed by atoms with E-state index in [1.165, 1.54) is 31.7 Å². The summed E-state index contributed by atoms with van der Waals surface area (Å²) in [6, 6.07) is 5.27. The summed E-state index contributed by atoms with van der Waals surface area (Å²) < 4.78 is 13.3. The van der Waals surface area contributed by atoms with Crippen LogP contribution in [-0.4, -0.2) is 24.2 Å². The van der Waals surface area contributed by atoms with Gasteiger partial charge in [0.15, 0.2) is 5.96 Å². The molecule has 1 fully saturated rings. The van der Waals surface area contributed by atoms with Crippen molar-refractivity contribution in [2.45, 2.75) is 44.9 Å². The number of guanidine groups is 1. The Morgan fingerprint density at radius 1 is 1.40 bits per heavy atom. The third kappa shape index (κ3) is 3.93. The van der Waals surface area contributed by atoms with Gasteiger partial charge in [-0.3, -0.25) is 4.99 Å². The van der Waals surface area contributed by atoms with Crippen LogP contribution in [0.2, 0.25) is 0 Å². The largest absolute Gasteiger partial charge is 0.392 e. The quantitative estimate of drug-likeness (QED) is 0.583. The van der Waals surface area contributed by atoms with Gasteiger partial charge in [-0.15, -0.1) is 0 Å². The third-order valence-electron chi connectivity index (χ3n) is 3.66. The highest BCUT2D eigenvalue weighted by Gasteiger charge is 2.15. The number of aliphatic hydroxyl groups excluding tert-OH is 1. The van der Waals surface area contributed by atoms with E-state index in [0.717, 1.165) is 11.5 Å². The molecular weight excluding hydrogens is 257 g/mol. The molecule has 0 radical (unpaired) electrons. The van der Waals surface area contributed by atoms with Gasteiger partial charge in [0, 0.05) is 25.2 Å². The number of nitrogens with zero attached hydrogens (tertiary/aromatic N) is 1. The first kappa shape index (κ1) is 14.8. The fourth-order valence-corrected chi connectivity index (χ4v) is 2.50. The molecule has 1 saturated carbocycles. The summed E-state index contributed by atoms with van der Waals surface area (Å²) in [7, 11) is 1.74. The molecule has 0 amide bonds. The van der Waals surface area contributed by atoms with Crippen molar-refractivity contribution >= 4 is 5.96 Å². The summed E-state index contributed by atoms with van der Waals surface area (Å²) in [6.07, 6.45) is 4.91. The molecule has 0 heterocycles. The lowest BCUT2D eigenvalue weighted by Crippen LogP contribution is -2.41. The molecule has 0 aromatic heterocycles. The molecule has 0 atom stereocenters. The van der Waals surface area contributed by atoms with E-state index in [4.69, 9.17) is 5.11 Å². The number of rotatable bonds is 4. The maximum atomic E-state index is 13.3. The Morgan fingerprint density at radius 2 is 2.15 bits per heavy atom. The van der Waals surface area contributed by atoms with Gasteiger partial charge in [0.25, 0.3) is 0 Å². The first-order valence-corrected chi connectivity index (χ1v) is 7.08. The van der Waals surface area contributed by atoms with Gasteiger partial charge in [0.1, 0.15) is 5.82 Å². The van der Waals surface area contributed by atoms with Crippen molar-refractivity contribution in [3.63, 3.8) is 0 Å². The van der Waals surface area contributed by atoms with Crippen molar-refractivity contribution in [3.8, 4) is 0 Å². The molecule has 1 aromatic carbocycles. The highest BCUT2D eigenvalue weighted by Crippen LogP contribution is 2.17. The Balaban J connectivity index is 1.89. The van der Waals surface area contributed by atoms with Crippen molar-refractivity contribution in [1.82, 2.24) is 10.6 Å². The fraction of sp³-hybridized carbons (Fsp3) is 0.533. The van der Waals surface area contributed by atoms with Crippen LogP contribution in [-0.2, 0) is 13.2 Å². The zero-order valence-corrected chi connectivity index (χ0v) is 11.8. The number of hydrogen-bond acceptors (Lipinski definition) is 2. The monoisotopic (exact) mass is 279 g/mol. The molecule has 3 N–H and O–H groups in total. The first-order valence-electron chi connectivity index (χ1n) is 7.08. The zero-order chi connectivity index (χ0) is 14.4. The first-order chi connectivity index (χ1) is 9.72.